The minimum Gasteiger partial charge on any atom is -0.326 e. The lowest BCUT2D eigenvalue weighted by Crippen LogP contribution is -1.95. The first-order chi connectivity index (χ1) is 5.81. The van der Waals surface area contributed by atoms with E-state index < -0.39 is 0 Å². The molecule has 1 aromatic carbocycles. The Morgan fingerprint density at radius 3 is 3.08 bits per heavy atom. The molecule has 0 bridgehead atoms. The van der Waals surface area contributed by atoms with Gasteiger partial charge in [-0.1, -0.05) is 12.1 Å². The van der Waals surface area contributed by atoms with Gasteiger partial charge in [0.05, 0.1) is 5.52 Å². The van der Waals surface area contributed by atoms with E-state index in [0.717, 1.165) is 16.5 Å². The standard InChI is InChI=1S/C9H11N3/c1-12-6-8-7(5-10)3-2-4-9(8)11-12/h2-4,6H,5,10H2,1H3. The van der Waals surface area contributed by atoms with Crippen molar-refractivity contribution in [2.24, 2.45) is 12.8 Å². The van der Waals surface area contributed by atoms with Crippen molar-refractivity contribution >= 4 is 10.9 Å². The van der Waals surface area contributed by atoms with Crippen molar-refractivity contribution < 1.29 is 0 Å². The molecule has 62 valence electrons. The minimum atomic E-state index is 0.572. The van der Waals surface area contributed by atoms with Crippen LogP contribution in [0.5, 0.6) is 0 Å². The summed E-state index contributed by atoms with van der Waals surface area (Å²) < 4.78 is 1.81. The van der Waals surface area contributed by atoms with E-state index in [9.17, 15) is 0 Å². The number of rotatable bonds is 1. The van der Waals surface area contributed by atoms with Gasteiger partial charge in [-0.05, 0) is 11.6 Å². The fourth-order valence-corrected chi connectivity index (χ4v) is 1.40. The lowest BCUT2D eigenvalue weighted by molar-refractivity contribution is 0.779. The van der Waals surface area contributed by atoms with Gasteiger partial charge in [0.15, 0.2) is 0 Å². The van der Waals surface area contributed by atoms with E-state index >= 15 is 0 Å². The summed E-state index contributed by atoms with van der Waals surface area (Å²) in [5, 5.41) is 5.44. The third-order valence-electron chi connectivity index (χ3n) is 1.97. The fraction of sp³-hybridized carbons (Fsp3) is 0.222. The second-order valence-electron chi connectivity index (χ2n) is 2.86. The molecule has 0 radical (unpaired) electrons. The van der Waals surface area contributed by atoms with Crippen LogP contribution in [0.3, 0.4) is 0 Å². The highest BCUT2D eigenvalue weighted by molar-refractivity contribution is 5.81. The summed E-state index contributed by atoms with van der Waals surface area (Å²) in [4.78, 5) is 0. The third kappa shape index (κ3) is 0.987. The van der Waals surface area contributed by atoms with Gasteiger partial charge >= 0.3 is 0 Å². The number of hydrogen-bond donors (Lipinski definition) is 1. The van der Waals surface area contributed by atoms with Crippen molar-refractivity contribution in [2.75, 3.05) is 0 Å². The summed E-state index contributed by atoms with van der Waals surface area (Å²) in [5.74, 6) is 0. The Bertz CT molecular complexity index is 403. The lowest BCUT2D eigenvalue weighted by Gasteiger charge is -1.95. The Hall–Kier alpha value is -1.35. The summed E-state index contributed by atoms with van der Waals surface area (Å²) in [5.41, 5.74) is 7.76. The molecule has 1 heterocycles. The Kier molecular flexibility index (Phi) is 1.59. The van der Waals surface area contributed by atoms with E-state index in [4.69, 9.17) is 5.73 Å². The maximum Gasteiger partial charge on any atom is 0.0926 e. The molecule has 3 heteroatoms. The number of nitrogens with two attached hydrogens (primary N) is 1. The monoisotopic (exact) mass is 161 g/mol. The van der Waals surface area contributed by atoms with Crippen LogP contribution < -0.4 is 5.73 Å². The number of aryl methyl sites for hydroxylation is 1. The average Bonchev–Trinajstić information content (AvgIpc) is 2.44. The molecule has 3 nitrogen and oxygen atoms in total. The van der Waals surface area contributed by atoms with Gasteiger partial charge < -0.3 is 5.73 Å². The Balaban J connectivity index is 2.78. The van der Waals surface area contributed by atoms with Gasteiger partial charge in [-0.15, -0.1) is 0 Å². The highest BCUT2D eigenvalue weighted by Gasteiger charge is 2.01. The molecule has 2 rings (SSSR count). The zero-order valence-corrected chi connectivity index (χ0v) is 6.99. The summed E-state index contributed by atoms with van der Waals surface area (Å²) >= 11 is 0. The number of hydrogen-bond acceptors (Lipinski definition) is 2. The quantitative estimate of drug-likeness (QED) is 0.679. The molecule has 12 heavy (non-hydrogen) atoms. The van der Waals surface area contributed by atoms with E-state index in [1.807, 2.05) is 36.1 Å². The van der Waals surface area contributed by atoms with Crippen molar-refractivity contribution in [1.29, 1.82) is 0 Å². The fourth-order valence-electron chi connectivity index (χ4n) is 1.40. The van der Waals surface area contributed by atoms with Crippen LogP contribution >= 0.6 is 0 Å². The van der Waals surface area contributed by atoms with Crippen LogP contribution in [0.2, 0.25) is 0 Å². The van der Waals surface area contributed by atoms with Crippen LogP contribution in [-0.2, 0) is 13.6 Å². The molecule has 0 aliphatic rings. The average molecular weight is 161 g/mol. The van der Waals surface area contributed by atoms with Gasteiger partial charge in [0.2, 0.25) is 0 Å². The van der Waals surface area contributed by atoms with Crippen molar-refractivity contribution in [3.05, 3.63) is 30.0 Å². The Morgan fingerprint density at radius 2 is 2.33 bits per heavy atom. The lowest BCUT2D eigenvalue weighted by atomic mass is 10.1. The Morgan fingerprint density at radius 1 is 1.50 bits per heavy atom. The van der Waals surface area contributed by atoms with E-state index in [-0.39, 0.29) is 0 Å². The van der Waals surface area contributed by atoms with Gasteiger partial charge in [0.25, 0.3) is 0 Å². The van der Waals surface area contributed by atoms with E-state index in [0.29, 0.717) is 6.54 Å². The molecule has 0 saturated heterocycles. The first-order valence-corrected chi connectivity index (χ1v) is 3.92. The van der Waals surface area contributed by atoms with E-state index in [2.05, 4.69) is 5.10 Å². The number of aromatic nitrogens is 2. The molecule has 0 unspecified atom stereocenters. The molecular formula is C9H11N3. The summed E-state index contributed by atoms with van der Waals surface area (Å²) in [7, 11) is 1.92. The number of fused-ring (bicyclic) bond motifs is 1. The minimum absolute atomic E-state index is 0.572. The Labute approximate surface area is 70.8 Å². The summed E-state index contributed by atoms with van der Waals surface area (Å²) in [6.45, 7) is 0.572. The third-order valence-corrected chi connectivity index (χ3v) is 1.97. The molecule has 0 spiro atoms. The van der Waals surface area contributed by atoms with Gasteiger partial charge in [-0.2, -0.15) is 5.10 Å². The van der Waals surface area contributed by atoms with Crippen LogP contribution in [0, 0.1) is 0 Å². The van der Waals surface area contributed by atoms with Crippen molar-refractivity contribution in [2.45, 2.75) is 6.54 Å². The molecule has 2 aromatic rings. The first-order valence-electron chi connectivity index (χ1n) is 3.92. The predicted octanol–water partition coefficient (Wildman–Crippen LogP) is 1.03. The smallest absolute Gasteiger partial charge is 0.0926 e. The van der Waals surface area contributed by atoms with Crippen molar-refractivity contribution in [1.82, 2.24) is 9.78 Å². The second kappa shape index (κ2) is 2.60. The first kappa shape index (κ1) is 7.31. The summed E-state index contributed by atoms with van der Waals surface area (Å²) in [6, 6.07) is 6.01. The topological polar surface area (TPSA) is 43.8 Å². The van der Waals surface area contributed by atoms with Crippen LogP contribution in [0.4, 0.5) is 0 Å². The summed E-state index contributed by atoms with van der Waals surface area (Å²) in [6.07, 6.45) is 2.00. The van der Waals surface area contributed by atoms with Crippen molar-refractivity contribution in [3.63, 3.8) is 0 Å². The maximum absolute atomic E-state index is 5.59. The van der Waals surface area contributed by atoms with Crippen LogP contribution in [0.1, 0.15) is 5.56 Å². The van der Waals surface area contributed by atoms with Crippen LogP contribution in [-0.4, -0.2) is 9.78 Å². The van der Waals surface area contributed by atoms with Gasteiger partial charge in [-0.25, -0.2) is 0 Å². The molecule has 0 amide bonds. The maximum atomic E-state index is 5.59. The molecule has 0 saturated carbocycles. The highest BCUT2D eigenvalue weighted by atomic mass is 15.2. The second-order valence-corrected chi connectivity index (χ2v) is 2.86. The molecule has 0 fully saturated rings. The zero-order chi connectivity index (χ0) is 8.55. The highest BCUT2D eigenvalue weighted by Crippen LogP contribution is 2.15. The molecule has 0 aliphatic heterocycles. The molecule has 0 aliphatic carbocycles. The van der Waals surface area contributed by atoms with E-state index in [1.54, 1.807) is 0 Å². The zero-order valence-electron chi connectivity index (χ0n) is 6.99. The normalized spacial score (nSPS) is 10.8. The predicted molar refractivity (Wildman–Crippen MR) is 48.6 cm³/mol. The van der Waals surface area contributed by atoms with Gasteiger partial charge in [-0.3, -0.25) is 4.68 Å². The molecular weight excluding hydrogens is 150 g/mol. The van der Waals surface area contributed by atoms with Crippen LogP contribution in [0.25, 0.3) is 10.9 Å². The van der Waals surface area contributed by atoms with Gasteiger partial charge in [0, 0.05) is 25.2 Å². The molecule has 0 atom stereocenters. The van der Waals surface area contributed by atoms with Crippen molar-refractivity contribution in [3.8, 4) is 0 Å². The largest absolute Gasteiger partial charge is 0.326 e. The van der Waals surface area contributed by atoms with E-state index in [1.165, 1.54) is 0 Å². The van der Waals surface area contributed by atoms with Crippen LogP contribution in [0.15, 0.2) is 24.4 Å². The van der Waals surface area contributed by atoms with Gasteiger partial charge in [0.1, 0.15) is 0 Å². The number of benzene rings is 1. The number of nitrogens with zero attached hydrogens (tertiary/aromatic N) is 2. The molecule has 1 aromatic heterocycles. The molecule has 2 N–H and O–H groups in total. The SMILES string of the molecule is Cn1cc2c(CN)cccc2n1.